The average Bonchev–Trinajstić information content (AvgIpc) is 2.69. The lowest BCUT2D eigenvalue weighted by molar-refractivity contribution is 0.0512. The predicted octanol–water partition coefficient (Wildman–Crippen LogP) is 4.38. The number of ether oxygens (including phenoxy) is 2. The van der Waals surface area contributed by atoms with Crippen molar-refractivity contribution >= 4 is 41.5 Å². The van der Waals surface area contributed by atoms with Crippen LogP contribution < -0.4 is 10.6 Å². The lowest BCUT2D eigenvalue weighted by Crippen LogP contribution is -2.51. The minimum atomic E-state index is 0. The minimum Gasteiger partial charge on any atom is -0.385 e. The van der Waals surface area contributed by atoms with Gasteiger partial charge in [0.15, 0.2) is 5.96 Å². The van der Waals surface area contributed by atoms with Gasteiger partial charge < -0.3 is 20.1 Å². The molecule has 2 N–H and O–H groups in total. The summed E-state index contributed by atoms with van der Waals surface area (Å²) < 4.78 is 11.0. The van der Waals surface area contributed by atoms with Crippen molar-refractivity contribution in [1.82, 2.24) is 10.6 Å². The van der Waals surface area contributed by atoms with Crippen LogP contribution in [0.5, 0.6) is 0 Å². The normalized spacial score (nSPS) is 20.3. The number of benzene rings is 1. The van der Waals surface area contributed by atoms with Crippen molar-refractivity contribution < 1.29 is 9.47 Å². The van der Waals surface area contributed by atoms with E-state index < -0.39 is 0 Å². The molecule has 2 aliphatic rings. The molecule has 3 rings (SSSR count). The third-order valence-electron chi connectivity index (χ3n) is 6.59. The number of aliphatic imine (C=N–C) groups is 1. The number of hydrogen-bond donors (Lipinski definition) is 2. The number of nitrogens with one attached hydrogen (secondary N) is 2. The highest BCUT2D eigenvalue weighted by Gasteiger charge is 2.37. The van der Waals surface area contributed by atoms with Gasteiger partial charge in [-0.2, -0.15) is 0 Å². The molecule has 0 radical (unpaired) electrons. The molecule has 0 unspecified atom stereocenters. The molecule has 0 amide bonds. The van der Waals surface area contributed by atoms with Gasteiger partial charge in [-0.25, -0.2) is 0 Å². The molecule has 1 heterocycles. The molecule has 7 heteroatoms. The van der Waals surface area contributed by atoms with Crippen molar-refractivity contribution in [2.45, 2.75) is 43.9 Å². The maximum absolute atomic E-state index is 6.28. The largest absolute Gasteiger partial charge is 0.385 e. The quantitative estimate of drug-likeness (QED) is 0.295. The van der Waals surface area contributed by atoms with E-state index in [4.69, 9.17) is 21.1 Å². The SMILES string of the molecule is CN=C(NCC1(CCOC)CCC1)NCC1(c2cccc(Cl)c2)CCOCC1.I. The molecule has 1 saturated carbocycles. The smallest absolute Gasteiger partial charge is 0.191 e. The number of rotatable bonds is 8. The van der Waals surface area contributed by atoms with Gasteiger partial charge in [0, 0.05) is 57.5 Å². The first-order chi connectivity index (χ1) is 13.6. The summed E-state index contributed by atoms with van der Waals surface area (Å²) in [7, 11) is 3.62. The van der Waals surface area contributed by atoms with Crippen LogP contribution >= 0.6 is 35.6 Å². The molecule has 1 saturated heterocycles. The van der Waals surface area contributed by atoms with Crippen LogP contribution in [0.15, 0.2) is 29.3 Å². The summed E-state index contributed by atoms with van der Waals surface area (Å²) in [5, 5.41) is 7.94. The highest BCUT2D eigenvalue weighted by atomic mass is 127. The molecule has 164 valence electrons. The molecule has 1 aromatic rings. The fourth-order valence-electron chi connectivity index (χ4n) is 4.40. The maximum atomic E-state index is 6.28. The van der Waals surface area contributed by atoms with Crippen molar-refractivity contribution in [2.75, 3.05) is 47.1 Å². The summed E-state index contributed by atoms with van der Waals surface area (Å²) in [4.78, 5) is 4.46. The summed E-state index contributed by atoms with van der Waals surface area (Å²) in [6.45, 7) is 4.15. The van der Waals surface area contributed by atoms with E-state index in [-0.39, 0.29) is 29.4 Å². The minimum absolute atomic E-state index is 0. The number of nitrogens with zero attached hydrogens (tertiary/aromatic N) is 1. The van der Waals surface area contributed by atoms with Crippen LogP contribution in [-0.4, -0.2) is 53.0 Å². The van der Waals surface area contributed by atoms with Gasteiger partial charge in [-0.05, 0) is 55.2 Å². The maximum Gasteiger partial charge on any atom is 0.191 e. The van der Waals surface area contributed by atoms with Gasteiger partial charge in [0.1, 0.15) is 0 Å². The van der Waals surface area contributed by atoms with Crippen LogP contribution in [0.25, 0.3) is 0 Å². The van der Waals surface area contributed by atoms with Gasteiger partial charge in [-0.1, -0.05) is 30.2 Å². The molecule has 29 heavy (non-hydrogen) atoms. The van der Waals surface area contributed by atoms with Gasteiger partial charge in [0.05, 0.1) is 0 Å². The van der Waals surface area contributed by atoms with Crippen LogP contribution in [0.2, 0.25) is 5.02 Å². The zero-order valence-electron chi connectivity index (χ0n) is 17.6. The van der Waals surface area contributed by atoms with Gasteiger partial charge in [-0.15, -0.1) is 24.0 Å². The molecule has 0 aromatic heterocycles. The highest BCUT2D eigenvalue weighted by molar-refractivity contribution is 14.0. The molecule has 5 nitrogen and oxygen atoms in total. The molecule has 1 aliphatic heterocycles. The second kappa shape index (κ2) is 11.7. The Balaban J connectivity index is 0.00000300. The van der Waals surface area contributed by atoms with Gasteiger partial charge in [0.25, 0.3) is 0 Å². The Hall–Kier alpha value is -0.570. The van der Waals surface area contributed by atoms with Crippen LogP contribution in [0.1, 0.15) is 44.1 Å². The van der Waals surface area contributed by atoms with E-state index in [2.05, 4.69) is 27.8 Å². The Kier molecular flexibility index (Phi) is 9.98. The average molecular weight is 536 g/mol. The molecule has 0 atom stereocenters. The Labute approximate surface area is 197 Å². The second-order valence-electron chi connectivity index (χ2n) is 8.28. The second-order valence-corrected chi connectivity index (χ2v) is 8.72. The summed E-state index contributed by atoms with van der Waals surface area (Å²) in [5.74, 6) is 0.872. The predicted molar refractivity (Wildman–Crippen MR) is 131 cm³/mol. The van der Waals surface area contributed by atoms with Crippen LogP contribution in [-0.2, 0) is 14.9 Å². The summed E-state index contributed by atoms with van der Waals surface area (Å²) in [6.07, 6.45) is 6.92. The third kappa shape index (κ3) is 6.45. The Bertz CT molecular complexity index is 661. The summed E-state index contributed by atoms with van der Waals surface area (Å²) in [5.41, 5.74) is 1.66. The van der Waals surface area contributed by atoms with E-state index in [1.807, 2.05) is 19.2 Å². The molecule has 0 spiro atoms. The molecule has 1 aliphatic carbocycles. The fourth-order valence-corrected chi connectivity index (χ4v) is 4.59. The first kappa shape index (κ1) is 24.7. The monoisotopic (exact) mass is 535 g/mol. The molecular weight excluding hydrogens is 501 g/mol. The first-order valence-corrected chi connectivity index (χ1v) is 10.8. The van der Waals surface area contributed by atoms with Crippen LogP contribution in [0.3, 0.4) is 0 Å². The van der Waals surface area contributed by atoms with E-state index in [0.29, 0.717) is 5.41 Å². The van der Waals surface area contributed by atoms with Crippen molar-refractivity contribution in [3.05, 3.63) is 34.9 Å². The number of methoxy groups -OCH3 is 1. The zero-order chi connectivity index (χ0) is 19.9. The molecule has 1 aromatic carbocycles. The fraction of sp³-hybridized carbons (Fsp3) is 0.682. The van der Waals surface area contributed by atoms with Crippen LogP contribution in [0, 0.1) is 5.41 Å². The van der Waals surface area contributed by atoms with Crippen molar-refractivity contribution in [2.24, 2.45) is 10.4 Å². The van der Waals surface area contributed by atoms with E-state index in [9.17, 15) is 0 Å². The van der Waals surface area contributed by atoms with Crippen molar-refractivity contribution in [3.63, 3.8) is 0 Å². The van der Waals surface area contributed by atoms with Crippen LogP contribution in [0.4, 0.5) is 0 Å². The van der Waals surface area contributed by atoms with Crippen molar-refractivity contribution in [1.29, 1.82) is 0 Å². The first-order valence-electron chi connectivity index (χ1n) is 10.4. The molecule has 2 fully saturated rings. The third-order valence-corrected chi connectivity index (χ3v) is 6.82. The van der Waals surface area contributed by atoms with E-state index in [1.54, 1.807) is 7.11 Å². The summed E-state index contributed by atoms with van der Waals surface area (Å²) >= 11 is 6.28. The van der Waals surface area contributed by atoms with Gasteiger partial charge >= 0.3 is 0 Å². The topological polar surface area (TPSA) is 54.9 Å². The molecule has 0 bridgehead atoms. The summed E-state index contributed by atoms with van der Waals surface area (Å²) in [6, 6.07) is 8.25. The number of hydrogen-bond acceptors (Lipinski definition) is 3. The number of halogens is 2. The Morgan fingerprint density at radius 2 is 1.90 bits per heavy atom. The van der Waals surface area contributed by atoms with E-state index in [1.165, 1.54) is 24.8 Å². The van der Waals surface area contributed by atoms with Crippen molar-refractivity contribution in [3.8, 4) is 0 Å². The standard InChI is InChI=1S/C22H34ClN3O2.HI/c1-24-20(25-16-21(7-4-8-21)9-12-27-2)26-17-22(10-13-28-14-11-22)18-5-3-6-19(23)15-18;/h3,5-6,15H,4,7-14,16-17H2,1-2H3,(H2,24,25,26);1H. The van der Waals surface area contributed by atoms with E-state index >= 15 is 0 Å². The molecular formula is C22H35ClIN3O2. The Morgan fingerprint density at radius 3 is 2.48 bits per heavy atom. The zero-order valence-corrected chi connectivity index (χ0v) is 20.7. The lowest BCUT2D eigenvalue weighted by atomic mass is 9.67. The number of guanidine groups is 1. The Morgan fingerprint density at radius 1 is 1.17 bits per heavy atom. The lowest BCUT2D eigenvalue weighted by Gasteiger charge is -2.43. The van der Waals surface area contributed by atoms with Gasteiger partial charge in [0.2, 0.25) is 0 Å². The highest BCUT2D eigenvalue weighted by Crippen LogP contribution is 2.43. The van der Waals surface area contributed by atoms with E-state index in [0.717, 1.165) is 63.2 Å². The van der Waals surface area contributed by atoms with Gasteiger partial charge in [-0.3, -0.25) is 4.99 Å².